The molecule has 0 spiro atoms. The second kappa shape index (κ2) is 17.2. The van der Waals surface area contributed by atoms with Gasteiger partial charge in [0, 0.05) is 34.1 Å². The molecule has 4 heteroatoms. The predicted octanol–water partition coefficient (Wildman–Crippen LogP) is 14.6. The molecule has 0 fully saturated rings. The lowest BCUT2D eigenvalue weighted by atomic mass is 9.96. The second-order valence-electron chi connectivity index (χ2n) is 15.0. The zero-order valence-electron chi connectivity index (χ0n) is 34.0. The topological polar surface area (TPSA) is 54.1 Å². The Bertz CT molecular complexity index is 2440. The smallest absolute Gasteiger partial charge is 0.0998 e. The highest BCUT2D eigenvalue weighted by Crippen LogP contribution is 2.38. The van der Waals surface area contributed by atoms with Crippen LogP contribution in [-0.2, 0) is 0 Å². The third-order valence-electron chi connectivity index (χ3n) is 10.5. The van der Waals surface area contributed by atoms with Crippen molar-refractivity contribution in [2.24, 2.45) is 0 Å². The monoisotopic (exact) mass is 750 g/mol. The van der Waals surface area contributed by atoms with Crippen LogP contribution in [0.15, 0.2) is 146 Å². The first-order valence-corrected chi connectivity index (χ1v) is 19.5. The summed E-state index contributed by atoms with van der Waals surface area (Å²) in [7, 11) is 0. The molecule has 0 atom stereocenters. The fourth-order valence-electron chi connectivity index (χ4n) is 7.10. The van der Waals surface area contributed by atoms with E-state index in [0.29, 0.717) is 22.3 Å². The van der Waals surface area contributed by atoms with Crippen molar-refractivity contribution < 1.29 is 0 Å². The fourth-order valence-corrected chi connectivity index (χ4v) is 7.10. The molecule has 4 nitrogen and oxygen atoms in total. The van der Waals surface area contributed by atoms with E-state index in [2.05, 4.69) is 197 Å². The van der Waals surface area contributed by atoms with Crippen molar-refractivity contribution in [1.29, 1.82) is 10.5 Å². The first-order valence-electron chi connectivity index (χ1n) is 19.5. The van der Waals surface area contributed by atoms with Gasteiger partial charge in [0.15, 0.2) is 0 Å². The average molecular weight is 751 g/mol. The molecule has 0 N–H and O–H groups in total. The van der Waals surface area contributed by atoms with Crippen molar-refractivity contribution >= 4 is 58.4 Å². The molecule has 0 heterocycles. The summed E-state index contributed by atoms with van der Waals surface area (Å²) in [5.74, 6) is 0. The van der Waals surface area contributed by atoms with Crippen molar-refractivity contribution in [3.63, 3.8) is 0 Å². The normalized spacial score (nSPS) is 11.1. The van der Waals surface area contributed by atoms with Crippen LogP contribution in [0.2, 0.25) is 0 Å². The molecule has 0 bridgehead atoms. The quantitative estimate of drug-likeness (QED) is 0.131. The molecule has 0 saturated carbocycles. The number of rotatable bonds is 10. The van der Waals surface area contributed by atoms with Gasteiger partial charge >= 0.3 is 0 Å². The van der Waals surface area contributed by atoms with Gasteiger partial charge in [-0.3, -0.25) is 0 Å². The van der Waals surface area contributed by atoms with Crippen molar-refractivity contribution in [2.45, 2.75) is 41.5 Å². The lowest BCUT2D eigenvalue weighted by Crippen LogP contribution is -2.10. The van der Waals surface area contributed by atoms with Crippen molar-refractivity contribution in [3.05, 3.63) is 212 Å². The maximum atomic E-state index is 10.2. The molecule has 7 aromatic carbocycles. The highest BCUT2D eigenvalue weighted by atomic mass is 15.1. The lowest BCUT2D eigenvalue weighted by Gasteiger charge is -2.26. The van der Waals surface area contributed by atoms with Gasteiger partial charge in [-0.05, 0) is 160 Å². The molecule has 0 aromatic heterocycles. The zero-order chi connectivity index (χ0) is 40.8. The molecular formula is C54H46N4. The first kappa shape index (κ1) is 38.9. The van der Waals surface area contributed by atoms with Crippen LogP contribution in [0.4, 0.5) is 34.1 Å². The Morgan fingerprint density at radius 2 is 0.586 bits per heavy atom. The summed E-state index contributed by atoms with van der Waals surface area (Å²) in [6, 6.07) is 55.5. The molecule has 282 valence electrons. The maximum Gasteiger partial charge on any atom is 0.0998 e. The summed E-state index contributed by atoms with van der Waals surface area (Å²) in [5.41, 5.74) is 18.0. The standard InChI is InChI=1S/C54H46N4/c1-37-7-21-49(22-8-37)57(50-23-9-38(2)10-24-50)53-29-19-43(41(5)31-53)15-17-45-33-48(36-56)46(34-47(45)35-55)18-16-44-20-30-54(32-42(44)6)58(51-25-11-39(3)12-26-51)52-27-13-40(4)14-28-52/h7-34H,1-6H3/b17-15+,18-16+. The summed E-state index contributed by atoms with van der Waals surface area (Å²) >= 11 is 0. The van der Waals surface area contributed by atoms with Crippen LogP contribution in [-0.4, -0.2) is 0 Å². The summed E-state index contributed by atoms with van der Waals surface area (Å²) in [4.78, 5) is 4.53. The fraction of sp³-hybridized carbons (Fsp3) is 0.111. The third-order valence-corrected chi connectivity index (χ3v) is 10.5. The molecule has 7 aromatic rings. The summed E-state index contributed by atoms with van der Waals surface area (Å²) < 4.78 is 0. The van der Waals surface area contributed by atoms with Gasteiger partial charge in [-0.15, -0.1) is 0 Å². The summed E-state index contributed by atoms with van der Waals surface area (Å²) in [5, 5.41) is 20.5. The van der Waals surface area contributed by atoms with E-state index in [-0.39, 0.29) is 0 Å². The Labute approximate surface area is 343 Å². The van der Waals surface area contributed by atoms with Crippen LogP contribution >= 0.6 is 0 Å². The van der Waals surface area contributed by atoms with Crippen LogP contribution in [0.25, 0.3) is 24.3 Å². The van der Waals surface area contributed by atoms with Gasteiger partial charge in [0.05, 0.1) is 23.3 Å². The van der Waals surface area contributed by atoms with Gasteiger partial charge in [-0.2, -0.15) is 10.5 Å². The van der Waals surface area contributed by atoms with E-state index in [0.717, 1.165) is 56.4 Å². The minimum Gasteiger partial charge on any atom is -0.310 e. The van der Waals surface area contributed by atoms with E-state index in [4.69, 9.17) is 0 Å². The molecule has 58 heavy (non-hydrogen) atoms. The number of hydrogen-bond acceptors (Lipinski definition) is 4. The lowest BCUT2D eigenvalue weighted by molar-refractivity contribution is 1.25. The third kappa shape index (κ3) is 8.69. The molecule has 0 aliphatic heterocycles. The number of nitriles is 2. The Morgan fingerprint density at radius 3 is 0.845 bits per heavy atom. The van der Waals surface area contributed by atoms with Gasteiger partial charge in [0.1, 0.15) is 0 Å². The van der Waals surface area contributed by atoms with Crippen LogP contribution in [0.3, 0.4) is 0 Å². The van der Waals surface area contributed by atoms with E-state index in [9.17, 15) is 10.5 Å². The molecule has 7 rings (SSSR count). The second-order valence-corrected chi connectivity index (χ2v) is 15.0. The maximum absolute atomic E-state index is 10.2. The van der Waals surface area contributed by atoms with E-state index in [1.54, 1.807) is 0 Å². The molecule has 0 saturated heterocycles. The van der Waals surface area contributed by atoms with E-state index in [1.807, 2.05) is 36.4 Å². The highest BCUT2D eigenvalue weighted by molar-refractivity contribution is 5.83. The number of benzene rings is 7. The van der Waals surface area contributed by atoms with Crippen LogP contribution in [0.5, 0.6) is 0 Å². The first-order chi connectivity index (χ1) is 28.1. The zero-order valence-corrected chi connectivity index (χ0v) is 34.0. The largest absolute Gasteiger partial charge is 0.310 e. The predicted molar refractivity (Wildman–Crippen MR) is 244 cm³/mol. The van der Waals surface area contributed by atoms with Gasteiger partial charge in [-0.25, -0.2) is 0 Å². The molecule has 0 aliphatic carbocycles. The number of hydrogen-bond donors (Lipinski definition) is 0. The average Bonchev–Trinajstić information content (AvgIpc) is 3.23. The molecule has 0 unspecified atom stereocenters. The van der Waals surface area contributed by atoms with Crippen molar-refractivity contribution in [3.8, 4) is 12.1 Å². The van der Waals surface area contributed by atoms with Crippen molar-refractivity contribution in [1.82, 2.24) is 0 Å². The van der Waals surface area contributed by atoms with Gasteiger partial charge in [0.2, 0.25) is 0 Å². The molecule has 0 amide bonds. The minimum absolute atomic E-state index is 0.507. The Kier molecular flexibility index (Phi) is 11.5. The Balaban J connectivity index is 1.15. The Morgan fingerprint density at radius 1 is 0.328 bits per heavy atom. The number of anilines is 6. The molecular weight excluding hydrogens is 705 g/mol. The van der Waals surface area contributed by atoms with E-state index in [1.165, 1.54) is 22.3 Å². The minimum atomic E-state index is 0.507. The summed E-state index contributed by atoms with van der Waals surface area (Å²) in [6.07, 6.45) is 7.91. The van der Waals surface area contributed by atoms with Gasteiger partial charge < -0.3 is 9.80 Å². The van der Waals surface area contributed by atoms with E-state index < -0.39 is 0 Å². The molecule has 0 aliphatic rings. The van der Waals surface area contributed by atoms with Crippen LogP contribution in [0, 0.1) is 64.2 Å². The molecule has 0 radical (unpaired) electrons. The van der Waals surface area contributed by atoms with Gasteiger partial charge in [-0.1, -0.05) is 107 Å². The SMILES string of the molecule is Cc1ccc(N(c2ccc(C)cc2)c2ccc(/C=C/c3cc(C#N)c(/C=C/c4ccc(N(c5ccc(C)cc5)c5ccc(C)cc5)cc4C)cc3C#N)c(C)c2)cc1. The van der Waals surface area contributed by atoms with E-state index >= 15 is 0 Å². The highest BCUT2D eigenvalue weighted by Gasteiger charge is 2.15. The number of nitrogens with zero attached hydrogens (tertiary/aromatic N) is 4. The Hall–Kier alpha value is -7.40. The summed E-state index contributed by atoms with van der Waals surface area (Å²) in [6.45, 7) is 12.6. The van der Waals surface area contributed by atoms with Crippen molar-refractivity contribution in [2.75, 3.05) is 9.80 Å². The number of aryl methyl sites for hydroxylation is 6. The van der Waals surface area contributed by atoms with Crippen LogP contribution < -0.4 is 9.80 Å². The van der Waals surface area contributed by atoms with Gasteiger partial charge in [0.25, 0.3) is 0 Å². The van der Waals surface area contributed by atoms with Crippen LogP contribution in [0.1, 0.15) is 66.8 Å².